The zero-order chi connectivity index (χ0) is 15.3. The van der Waals surface area contributed by atoms with E-state index in [4.69, 9.17) is 0 Å². The van der Waals surface area contributed by atoms with E-state index in [1.807, 2.05) is 0 Å². The highest BCUT2D eigenvalue weighted by Gasteiger charge is 2.35. The van der Waals surface area contributed by atoms with E-state index in [0.717, 1.165) is 18.2 Å². The fraction of sp³-hybridized carbons (Fsp3) is 0.429. The van der Waals surface area contributed by atoms with Gasteiger partial charge >= 0.3 is 5.97 Å². The summed E-state index contributed by atoms with van der Waals surface area (Å²) in [6.45, 7) is 3.37. The van der Waals surface area contributed by atoms with Crippen LogP contribution in [0.2, 0.25) is 0 Å². The quantitative estimate of drug-likeness (QED) is 0.746. The Hall–Kier alpha value is -2.11. The number of halogens is 1. The molecule has 1 amide bonds. The van der Waals surface area contributed by atoms with E-state index in [0.29, 0.717) is 12.8 Å². The maximum absolute atomic E-state index is 13.1. The summed E-state index contributed by atoms with van der Waals surface area (Å²) in [6, 6.07) is 3.02. The van der Waals surface area contributed by atoms with Crippen LogP contribution in [0.25, 0.3) is 0 Å². The number of phenols is 1. The lowest BCUT2D eigenvalue weighted by Crippen LogP contribution is -2.42. The Morgan fingerprint density at radius 2 is 1.90 bits per heavy atom. The van der Waals surface area contributed by atoms with Gasteiger partial charge in [0.15, 0.2) is 0 Å². The van der Waals surface area contributed by atoms with Crippen LogP contribution in [-0.4, -0.2) is 28.6 Å². The molecule has 0 bridgehead atoms. The van der Waals surface area contributed by atoms with Crippen molar-refractivity contribution in [3.8, 4) is 5.75 Å². The van der Waals surface area contributed by atoms with Crippen LogP contribution in [0.15, 0.2) is 18.2 Å². The molecule has 0 aliphatic heterocycles. The Labute approximate surface area is 116 Å². The molecule has 0 atom stereocenters. The van der Waals surface area contributed by atoms with Crippen molar-refractivity contribution in [1.82, 2.24) is 5.32 Å². The van der Waals surface area contributed by atoms with Crippen molar-refractivity contribution < 1.29 is 24.2 Å². The van der Waals surface area contributed by atoms with Crippen molar-refractivity contribution in [2.45, 2.75) is 26.7 Å². The van der Waals surface area contributed by atoms with E-state index in [-0.39, 0.29) is 17.9 Å². The van der Waals surface area contributed by atoms with Gasteiger partial charge < -0.3 is 15.5 Å². The number of rotatable bonds is 6. The first kappa shape index (κ1) is 15.9. The van der Waals surface area contributed by atoms with Crippen molar-refractivity contribution in [2.24, 2.45) is 5.41 Å². The molecule has 1 aromatic rings. The van der Waals surface area contributed by atoms with Crippen LogP contribution in [0.5, 0.6) is 5.75 Å². The number of carbonyl (C=O) groups is 2. The Morgan fingerprint density at radius 1 is 1.30 bits per heavy atom. The van der Waals surface area contributed by atoms with Crippen LogP contribution in [0.3, 0.4) is 0 Å². The topological polar surface area (TPSA) is 86.6 Å². The number of carboxylic acids is 1. The molecule has 0 saturated carbocycles. The largest absolute Gasteiger partial charge is 0.507 e. The monoisotopic (exact) mass is 283 g/mol. The molecule has 0 unspecified atom stereocenters. The van der Waals surface area contributed by atoms with Gasteiger partial charge in [0.05, 0.1) is 11.0 Å². The first-order chi connectivity index (χ1) is 9.36. The molecule has 3 N–H and O–H groups in total. The molecule has 0 aliphatic carbocycles. The van der Waals surface area contributed by atoms with E-state index in [1.165, 1.54) is 0 Å². The summed E-state index contributed by atoms with van der Waals surface area (Å²) in [6.07, 6.45) is 0.711. The Morgan fingerprint density at radius 3 is 2.40 bits per heavy atom. The van der Waals surface area contributed by atoms with Gasteiger partial charge in [-0.15, -0.1) is 0 Å². The number of benzene rings is 1. The third-order valence-corrected chi connectivity index (χ3v) is 3.60. The minimum atomic E-state index is -1.06. The lowest BCUT2D eigenvalue weighted by molar-refractivity contribution is -0.149. The first-order valence-corrected chi connectivity index (χ1v) is 6.36. The predicted octanol–water partition coefficient (Wildman–Crippen LogP) is 2.15. The SMILES string of the molecule is CCC(CC)(CNC(=O)c1cc(F)ccc1O)C(=O)O. The molecule has 0 heterocycles. The number of hydrogen-bond donors (Lipinski definition) is 3. The maximum atomic E-state index is 13.1. The molecule has 0 radical (unpaired) electrons. The Balaban J connectivity index is 2.86. The van der Waals surface area contributed by atoms with Crippen molar-refractivity contribution in [3.05, 3.63) is 29.6 Å². The number of amides is 1. The zero-order valence-electron chi connectivity index (χ0n) is 11.4. The van der Waals surface area contributed by atoms with Gasteiger partial charge in [0.1, 0.15) is 11.6 Å². The van der Waals surface area contributed by atoms with Gasteiger partial charge in [-0.05, 0) is 31.0 Å². The summed E-state index contributed by atoms with van der Waals surface area (Å²) in [4.78, 5) is 23.2. The zero-order valence-corrected chi connectivity index (χ0v) is 11.4. The summed E-state index contributed by atoms with van der Waals surface area (Å²) in [5, 5.41) is 21.2. The van der Waals surface area contributed by atoms with Gasteiger partial charge in [0.2, 0.25) is 0 Å². The third kappa shape index (κ3) is 3.26. The maximum Gasteiger partial charge on any atom is 0.311 e. The number of phenolic OH excluding ortho intramolecular Hbond substituents is 1. The molecular formula is C14H18FNO4. The molecule has 0 spiro atoms. The second kappa shape index (κ2) is 6.36. The number of aliphatic carboxylic acids is 1. The minimum absolute atomic E-state index is 0.0792. The van der Waals surface area contributed by atoms with Crippen LogP contribution in [0.4, 0.5) is 4.39 Å². The molecule has 6 heteroatoms. The first-order valence-electron chi connectivity index (χ1n) is 6.36. The molecule has 5 nitrogen and oxygen atoms in total. The van der Waals surface area contributed by atoms with Crippen molar-refractivity contribution >= 4 is 11.9 Å². The lowest BCUT2D eigenvalue weighted by Gasteiger charge is -2.26. The van der Waals surface area contributed by atoms with Crippen LogP contribution >= 0.6 is 0 Å². The normalized spacial score (nSPS) is 11.2. The van der Waals surface area contributed by atoms with E-state index in [1.54, 1.807) is 13.8 Å². The standard InChI is InChI=1S/C14H18FNO4/c1-3-14(4-2,13(19)20)8-16-12(18)10-7-9(15)5-6-11(10)17/h5-7,17H,3-4,8H2,1-2H3,(H,16,18)(H,19,20). The summed E-state index contributed by atoms with van der Waals surface area (Å²) < 4.78 is 13.1. The number of aromatic hydroxyl groups is 1. The summed E-state index contributed by atoms with van der Waals surface area (Å²) in [5.41, 5.74) is -1.27. The minimum Gasteiger partial charge on any atom is -0.507 e. The number of hydrogen-bond acceptors (Lipinski definition) is 3. The highest BCUT2D eigenvalue weighted by molar-refractivity contribution is 5.97. The highest BCUT2D eigenvalue weighted by atomic mass is 19.1. The van der Waals surface area contributed by atoms with Crippen molar-refractivity contribution in [3.63, 3.8) is 0 Å². The van der Waals surface area contributed by atoms with Gasteiger partial charge in [-0.25, -0.2) is 4.39 Å². The van der Waals surface area contributed by atoms with Crippen LogP contribution in [-0.2, 0) is 4.79 Å². The van der Waals surface area contributed by atoms with Crippen molar-refractivity contribution in [1.29, 1.82) is 0 Å². The second-order valence-electron chi connectivity index (χ2n) is 4.64. The Kier molecular flexibility index (Phi) is 5.07. The smallest absolute Gasteiger partial charge is 0.311 e. The van der Waals surface area contributed by atoms with E-state index >= 15 is 0 Å². The van der Waals surface area contributed by atoms with Crippen LogP contribution in [0, 0.1) is 11.2 Å². The molecule has 0 saturated heterocycles. The fourth-order valence-electron chi connectivity index (χ4n) is 1.91. The van der Waals surface area contributed by atoms with Gasteiger partial charge in [-0.2, -0.15) is 0 Å². The fourth-order valence-corrected chi connectivity index (χ4v) is 1.91. The third-order valence-electron chi connectivity index (χ3n) is 3.60. The van der Waals surface area contributed by atoms with E-state index in [2.05, 4.69) is 5.32 Å². The Bertz CT molecular complexity index is 512. The van der Waals surface area contributed by atoms with E-state index < -0.39 is 23.1 Å². The van der Waals surface area contributed by atoms with E-state index in [9.17, 15) is 24.2 Å². The highest BCUT2D eigenvalue weighted by Crippen LogP contribution is 2.26. The molecule has 0 aromatic heterocycles. The van der Waals surface area contributed by atoms with Gasteiger partial charge in [-0.1, -0.05) is 13.8 Å². The summed E-state index contributed by atoms with van der Waals surface area (Å²) >= 11 is 0. The van der Waals surface area contributed by atoms with Gasteiger partial charge in [0.25, 0.3) is 5.91 Å². The summed E-state index contributed by atoms with van der Waals surface area (Å²) in [7, 11) is 0. The van der Waals surface area contributed by atoms with Crippen LogP contribution in [0.1, 0.15) is 37.0 Å². The predicted molar refractivity (Wildman–Crippen MR) is 71.0 cm³/mol. The molecule has 0 fully saturated rings. The van der Waals surface area contributed by atoms with Crippen LogP contribution < -0.4 is 5.32 Å². The molecule has 1 rings (SSSR count). The molecule has 110 valence electrons. The molecule has 1 aromatic carbocycles. The number of nitrogens with one attached hydrogen (secondary N) is 1. The lowest BCUT2D eigenvalue weighted by atomic mass is 9.82. The average molecular weight is 283 g/mol. The number of carboxylic acid groups (broad SMARTS) is 1. The van der Waals surface area contributed by atoms with Gasteiger partial charge in [0, 0.05) is 6.54 Å². The molecule has 0 aliphatic rings. The molecule has 20 heavy (non-hydrogen) atoms. The molecular weight excluding hydrogens is 265 g/mol. The average Bonchev–Trinajstić information content (AvgIpc) is 2.42. The summed E-state index contributed by atoms with van der Waals surface area (Å²) in [5.74, 6) is -2.69. The van der Waals surface area contributed by atoms with Gasteiger partial charge in [-0.3, -0.25) is 9.59 Å². The number of carbonyl (C=O) groups excluding carboxylic acids is 1. The second-order valence-corrected chi connectivity index (χ2v) is 4.64. The van der Waals surface area contributed by atoms with Crippen molar-refractivity contribution in [2.75, 3.05) is 6.54 Å².